The summed E-state index contributed by atoms with van der Waals surface area (Å²) >= 11 is 0. The lowest BCUT2D eigenvalue weighted by Gasteiger charge is -2.17. The van der Waals surface area contributed by atoms with Crippen LogP contribution in [0.5, 0.6) is 0 Å². The smallest absolute Gasteiger partial charge is 0.323 e. The third-order valence-electron chi connectivity index (χ3n) is 4.46. The molecular formula is C18H20FN3O3. The Hall–Kier alpha value is -2.70. The lowest BCUT2D eigenvalue weighted by atomic mass is 10.1. The number of hydrogen-bond donors (Lipinski definition) is 1. The fourth-order valence-corrected chi connectivity index (χ4v) is 3.23. The molecule has 0 radical (unpaired) electrons. The predicted molar refractivity (Wildman–Crippen MR) is 89.5 cm³/mol. The molecule has 1 amide bonds. The van der Waals surface area contributed by atoms with Crippen molar-refractivity contribution < 1.29 is 19.1 Å². The molecule has 25 heavy (non-hydrogen) atoms. The SMILES string of the molecule is CCN(CC(=O)O)C(=O)c1nn(-c2ccc(C)cc2F)c2c1CCC2. The van der Waals surface area contributed by atoms with Crippen LogP contribution in [0.2, 0.25) is 0 Å². The summed E-state index contributed by atoms with van der Waals surface area (Å²) < 4.78 is 15.9. The number of aromatic nitrogens is 2. The van der Waals surface area contributed by atoms with Crippen molar-refractivity contribution in [1.82, 2.24) is 14.7 Å². The highest BCUT2D eigenvalue weighted by atomic mass is 19.1. The van der Waals surface area contributed by atoms with Crippen LogP contribution in [0.15, 0.2) is 18.2 Å². The molecule has 2 aromatic rings. The Kier molecular flexibility index (Phi) is 4.57. The molecule has 1 heterocycles. The number of fused-ring (bicyclic) bond motifs is 1. The van der Waals surface area contributed by atoms with Gasteiger partial charge in [0, 0.05) is 17.8 Å². The number of carbonyl (C=O) groups is 2. The summed E-state index contributed by atoms with van der Waals surface area (Å²) in [6.45, 7) is 3.42. The number of halogens is 1. The molecular weight excluding hydrogens is 325 g/mol. The molecule has 0 unspecified atom stereocenters. The minimum Gasteiger partial charge on any atom is -0.480 e. The minimum absolute atomic E-state index is 0.232. The van der Waals surface area contributed by atoms with E-state index in [1.54, 1.807) is 26.0 Å². The number of carboxylic acid groups (broad SMARTS) is 1. The van der Waals surface area contributed by atoms with Crippen molar-refractivity contribution in [2.45, 2.75) is 33.1 Å². The molecule has 1 aliphatic carbocycles. The lowest BCUT2D eigenvalue weighted by Crippen LogP contribution is -2.36. The Balaban J connectivity index is 2.05. The fraction of sp³-hybridized carbons (Fsp3) is 0.389. The summed E-state index contributed by atoms with van der Waals surface area (Å²) in [5.41, 5.74) is 2.98. The summed E-state index contributed by atoms with van der Waals surface area (Å²) in [6.07, 6.45) is 2.27. The molecule has 0 saturated carbocycles. The lowest BCUT2D eigenvalue weighted by molar-refractivity contribution is -0.137. The molecule has 0 aliphatic heterocycles. The molecule has 0 saturated heterocycles. The number of aliphatic carboxylic acids is 1. The van der Waals surface area contributed by atoms with E-state index >= 15 is 0 Å². The van der Waals surface area contributed by atoms with Crippen molar-refractivity contribution in [2.75, 3.05) is 13.1 Å². The Morgan fingerprint density at radius 1 is 1.36 bits per heavy atom. The van der Waals surface area contributed by atoms with E-state index in [0.29, 0.717) is 18.5 Å². The number of carboxylic acids is 1. The number of likely N-dealkylation sites (N-methyl/N-ethyl adjacent to an activating group) is 1. The summed E-state index contributed by atoms with van der Waals surface area (Å²) in [5, 5.41) is 13.3. The Bertz CT molecular complexity index is 844. The fourth-order valence-electron chi connectivity index (χ4n) is 3.23. The Morgan fingerprint density at radius 2 is 2.12 bits per heavy atom. The van der Waals surface area contributed by atoms with Gasteiger partial charge in [0.2, 0.25) is 0 Å². The van der Waals surface area contributed by atoms with Crippen LogP contribution in [-0.4, -0.2) is 44.8 Å². The van der Waals surface area contributed by atoms with E-state index in [4.69, 9.17) is 5.11 Å². The van der Waals surface area contributed by atoms with Gasteiger partial charge in [-0.15, -0.1) is 0 Å². The first-order chi connectivity index (χ1) is 11.9. The van der Waals surface area contributed by atoms with Gasteiger partial charge in [-0.3, -0.25) is 9.59 Å². The predicted octanol–water partition coefficient (Wildman–Crippen LogP) is 2.36. The number of benzene rings is 1. The van der Waals surface area contributed by atoms with E-state index in [9.17, 15) is 14.0 Å². The molecule has 7 heteroatoms. The molecule has 0 spiro atoms. The molecule has 1 aliphatic rings. The average Bonchev–Trinajstić information content (AvgIpc) is 3.14. The number of rotatable bonds is 5. The molecule has 1 aromatic carbocycles. The van der Waals surface area contributed by atoms with Gasteiger partial charge in [-0.1, -0.05) is 6.07 Å². The van der Waals surface area contributed by atoms with Crippen molar-refractivity contribution in [3.63, 3.8) is 0 Å². The van der Waals surface area contributed by atoms with Gasteiger partial charge in [0.1, 0.15) is 18.0 Å². The normalized spacial score (nSPS) is 12.9. The quantitative estimate of drug-likeness (QED) is 0.903. The number of aryl methyl sites for hydroxylation is 1. The van der Waals surface area contributed by atoms with Crippen LogP contribution in [0, 0.1) is 12.7 Å². The zero-order chi connectivity index (χ0) is 18.1. The second-order valence-electron chi connectivity index (χ2n) is 6.21. The van der Waals surface area contributed by atoms with Gasteiger partial charge in [-0.2, -0.15) is 5.10 Å². The van der Waals surface area contributed by atoms with Gasteiger partial charge in [0.25, 0.3) is 5.91 Å². The highest BCUT2D eigenvalue weighted by Gasteiger charge is 2.30. The first-order valence-corrected chi connectivity index (χ1v) is 8.30. The zero-order valence-electron chi connectivity index (χ0n) is 14.3. The minimum atomic E-state index is -1.07. The summed E-state index contributed by atoms with van der Waals surface area (Å²) in [4.78, 5) is 25.0. The van der Waals surface area contributed by atoms with Crippen LogP contribution in [0.3, 0.4) is 0 Å². The van der Waals surface area contributed by atoms with Crippen LogP contribution in [0.1, 0.15) is 40.7 Å². The monoisotopic (exact) mass is 345 g/mol. The van der Waals surface area contributed by atoms with Crippen LogP contribution in [-0.2, 0) is 17.6 Å². The van der Waals surface area contributed by atoms with E-state index in [0.717, 1.165) is 23.2 Å². The maximum Gasteiger partial charge on any atom is 0.323 e. The van der Waals surface area contributed by atoms with Crippen molar-refractivity contribution in [2.24, 2.45) is 0 Å². The molecule has 132 valence electrons. The van der Waals surface area contributed by atoms with Crippen molar-refractivity contribution in [3.8, 4) is 5.69 Å². The highest BCUT2D eigenvalue weighted by molar-refractivity contribution is 5.96. The van der Waals surface area contributed by atoms with E-state index in [1.165, 1.54) is 15.6 Å². The van der Waals surface area contributed by atoms with Crippen molar-refractivity contribution in [3.05, 3.63) is 46.5 Å². The molecule has 0 bridgehead atoms. The number of amides is 1. The summed E-state index contributed by atoms with van der Waals surface area (Å²) in [5.74, 6) is -1.89. The first-order valence-electron chi connectivity index (χ1n) is 8.30. The standard InChI is InChI=1S/C18H20FN3O3/c1-3-21(10-16(23)24)18(25)17-12-5-4-6-14(12)22(20-17)15-8-7-11(2)9-13(15)19/h7-9H,3-6,10H2,1-2H3,(H,23,24). The molecule has 0 fully saturated rings. The van der Waals surface area contributed by atoms with Crippen molar-refractivity contribution >= 4 is 11.9 Å². The van der Waals surface area contributed by atoms with E-state index in [2.05, 4.69) is 5.10 Å². The van der Waals surface area contributed by atoms with Gasteiger partial charge < -0.3 is 10.0 Å². The van der Waals surface area contributed by atoms with Gasteiger partial charge in [0.05, 0.1) is 0 Å². The third kappa shape index (κ3) is 3.14. The van der Waals surface area contributed by atoms with Gasteiger partial charge in [-0.05, 0) is 50.8 Å². The maximum atomic E-state index is 14.4. The number of carbonyl (C=O) groups excluding carboxylic acids is 1. The molecule has 0 atom stereocenters. The number of hydrogen-bond acceptors (Lipinski definition) is 3. The van der Waals surface area contributed by atoms with Crippen LogP contribution in [0.4, 0.5) is 4.39 Å². The molecule has 6 nitrogen and oxygen atoms in total. The number of nitrogens with zero attached hydrogens (tertiary/aromatic N) is 3. The average molecular weight is 345 g/mol. The van der Waals surface area contributed by atoms with Gasteiger partial charge in [0.15, 0.2) is 5.69 Å². The maximum absolute atomic E-state index is 14.4. The van der Waals surface area contributed by atoms with Crippen molar-refractivity contribution in [1.29, 1.82) is 0 Å². The van der Waals surface area contributed by atoms with E-state index in [1.807, 2.05) is 0 Å². The van der Waals surface area contributed by atoms with Crippen LogP contribution in [0.25, 0.3) is 5.69 Å². The second-order valence-corrected chi connectivity index (χ2v) is 6.21. The van der Waals surface area contributed by atoms with Gasteiger partial charge >= 0.3 is 5.97 Å². The first kappa shape index (κ1) is 17.1. The Labute approximate surface area is 144 Å². The molecule has 1 N–H and O–H groups in total. The van der Waals surface area contributed by atoms with Crippen LogP contribution < -0.4 is 0 Å². The van der Waals surface area contributed by atoms with E-state index in [-0.39, 0.29) is 18.8 Å². The van der Waals surface area contributed by atoms with Gasteiger partial charge in [-0.25, -0.2) is 9.07 Å². The van der Waals surface area contributed by atoms with E-state index < -0.39 is 17.7 Å². The Morgan fingerprint density at radius 3 is 2.76 bits per heavy atom. The summed E-state index contributed by atoms with van der Waals surface area (Å²) in [6, 6.07) is 4.88. The topological polar surface area (TPSA) is 75.4 Å². The molecule has 1 aromatic heterocycles. The second kappa shape index (κ2) is 6.66. The molecule has 3 rings (SSSR count). The zero-order valence-corrected chi connectivity index (χ0v) is 14.3. The highest BCUT2D eigenvalue weighted by Crippen LogP contribution is 2.29. The summed E-state index contributed by atoms with van der Waals surface area (Å²) in [7, 11) is 0. The third-order valence-corrected chi connectivity index (χ3v) is 4.46. The van der Waals surface area contributed by atoms with Crippen LogP contribution >= 0.6 is 0 Å². The largest absolute Gasteiger partial charge is 0.480 e.